The summed E-state index contributed by atoms with van der Waals surface area (Å²) in [6.45, 7) is 1.82. The third-order valence-electron chi connectivity index (χ3n) is 2.17. The molecular weight excluding hydrogens is 216 g/mol. The first-order valence-electron chi connectivity index (χ1n) is 4.44. The van der Waals surface area contributed by atoms with Crippen LogP contribution >= 0.6 is 11.6 Å². The van der Waals surface area contributed by atoms with Crippen LogP contribution in [-0.4, -0.2) is 17.1 Å². The normalized spacial score (nSPS) is 12.5. The molecule has 0 amide bonds. The maximum absolute atomic E-state index is 10.6. The molecule has 0 spiro atoms. The Labute approximate surface area is 92.8 Å². The fraction of sp³-hybridized carbons (Fsp3) is 0.300. The van der Waals surface area contributed by atoms with Crippen molar-refractivity contribution in [1.82, 2.24) is 0 Å². The molecule has 82 valence electrons. The number of benzene rings is 1. The van der Waals surface area contributed by atoms with Gasteiger partial charge in [-0.25, -0.2) is 0 Å². The number of carboxylic acids is 1. The highest BCUT2D eigenvalue weighted by Gasteiger charge is 2.13. The molecule has 5 N–H and O–H groups in total. The van der Waals surface area contributed by atoms with Crippen LogP contribution in [0.15, 0.2) is 12.1 Å². The third-order valence-corrected chi connectivity index (χ3v) is 2.48. The molecule has 0 fully saturated rings. The lowest BCUT2D eigenvalue weighted by Gasteiger charge is -2.10. The molecule has 0 bridgehead atoms. The van der Waals surface area contributed by atoms with E-state index >= 15 is 0 Å². The summed E-state index contributed by atoms with van der Waals surface area (Å²) in [4.78, 5) is 10.6. The van der Waals surface area contributed by atoms with Crippen molar-refractivity contribution in [3.63, 3.8) is 0 Å². The van der Waals surface area contributed by atoms with Crippen molar-refractivity contribution < 1.29 is 9.90 Å². The van der Waals surface area contributed by atoms with Gasteiger partial charge in [0, 0.05) is 0 Å². The number of hydrogen-bond donors (Lipinski definition) is 3. The zero-order valence-corrected chi connectivity index (χ0v) is 9.08. The quantitative estimate of drug-likeness (QED) is 0.678. The Morgan fingerprint density at radius 1 is 1.60 bits per heavy atom. The van der Waals surface area contributed by atoms with Gasteiger partial charge in [-0.05, 0) is 30.5 Å². The lowest BCUT2D eigenvalue weighted by Crippen LogP contribution is -2.32. The van der Waals surface area contributed by atoms with E-state index in [9.17, 15) is 4.79 Å². The van der Waals surface area contributed by atoms with Crippen LogP contribution in [0.1, 0.15) is 11.1 Å². The molecule has 15 heavy (non-hydrogen) atoms. The average molecular weight is 229 g/mol. The van der Waals surface area contributed by atoms with Gasteiger partial charge in [-0.2, -0.15) is 0 Å². The maximum atomic E-state index is 10.6. The van der Waals surface area contributed by atoms with Gasteiger partial charge in [-0.3, -0.25) is 4.79 Å². The minimum Gasteiger partial charge on any atom is -0.480 e. The zero-order valence-electron chi connectivity index (χ0n) is 8.33. The average Bonchev–Trinajstić information content (AvgIpc) is 2.13. The highest BCUT2D eigenvalue weighted by molar-refractivity contribution is 6.33. The highest BCUT2D eigenvalue weighted by Crippen LogP contribution is 2.24. The van der Waals surface area contributed by atoms with Gasteiger partial charge in [-0.15, -0.1) is 0 Å². The molecule has 5 heteroatoms. The number of hydrogen-bond acceptors (Lipinski definition) is 3. The van der Waals surface area contributed by atoms with Crippen LogP contribution < -0.4 is 11.5 Å². The van der Waals surface area contributed by atoms with Crippen LogP contribution in [0.25, 0.3) is 0 Å². The number of carboxylic acid groups (broad SMARTS) is 1. The maximum Gasteiger partial charge on any atom is 0.320 e. The fourth-order valence-electron chi connectivity index (χ4n) is 1.29. The molecule has 1 aromatic rings. The molecule has 0 aliphatic carbocycles. The van der Waals surface area contributed by atoms with Gasteiger partial charge in [0.2, 0.25) is 0 Å². The first kappa shape index (κ1) is 11.8. The van der Waals surface area contributed by atoms with Gasteiger partial charge in [-0.1, -0.05) is 17.7 Å². The SMILES string of the molecule is Cc1cc(C[C@@H](N)C(=O)O)cc(Cl)c1N. The van der Waals surface area contributed by atoms with Crippen molar-refractivity contribution in [3.05, 3.63) is 28.3 Å². The van der Waals surface area contributed by atoms with E-state index in [0.717, 1.165) is 11.1 Å². The molecule has 0 radical (unpaired) electrons. The summed E-state index contributed by atoms with van der Waals surface area (Å²) in [5, 5.41) is 9.09. The lowest BCUT2D eigenvalue weighted by molar-refractivity contribution is -0.138. The monoisotopic (exact) mass is 228 g/mol. The second kappa shape index (κ2) is 4.51. The Hall–Kier alpha value is -1.26. The van der Waals surface area contributed by atoms with Crippen molar-refractivity contribution in [2.24, 2.45) is 5.73 Å². The topological polar surface area (TPSA) is 89.3 Å². The molecule has 0 heterocycles. The van der Waals surface area contributed by atoms with E-state index in [4.69, 9.17) is 28.2 Å². The van der Waals surface area contributed by atoms with Crippen LogP contribution in [0.5, 0.6) is 0 Å². The van der Waals surface area contributed by atoms with Crippen LogP contribution in [-0.2, 0) is 11.2 Å². The number of aliphatic carboxylic acids is 1. The number of anilines is 1. The molecular formula is C10H13ClN2O2. The van der Waals surface area contributed by atoms with E-state index in [2.05, 4.69) is 0 Å². The minimum atomic E-state index is -1.03. The number of nitrogen functional groups attached to an aromatic ring is 1. The van der Waals surface area contributed by atoms with Crippen LogP contribution in [0.3, 0.4) is 0 Å². The molecule has 1 atom stereocenters. The summed E-state index contributed by atoms with van der Waals surface area (Å²) in [6, 6.07) is 2.53. The standard InChI is InChI=1S/C10H13ClN2O2/c1-5-2-6(3-7(11)9(5)13)4-8(12)10(14)15/h2-3,8H,4,12-13H2,1H3,(H,14,15)/t8-/m1/s1. The van der Waals surface area contributed by atoms with Gasteiger partial charge in [0.05, 0.1) is 10.7 Å². The van der Waals surface area contributed by atoms with Gasteiger partial charge in [0.25, 0.3) is 0 Å². The van der Waals surface area contributed by atoms with Crippen molar-refractivity contribution in [1.29, 1.82) is 0 Å². The molecule has 0 unspecified atom stereocenters. The molecule has 0 aliphatic heterocycles. The van der Waals surface area contributed by atoms with E-state index in [1.54, 1.807) is 12.1 Å². The Bertz CT molecular complexity index is 370. The number of halogens is 1. The molecule has 4 nitrogen and oxygen atoms in total. The van der Waals surface area contributed by atoms with Gasteiger partial charge >= 0.3 is 5.97 Å². The second-order valence-corrected chi connectivity index (χ2v) is 3.86. The lowest BCUT2D eigenvalue weighted by atomic mass is 10.0. The van der Waals surface area contributed by atoms with E-state index in [0.29, 0.717) is 10.7 Å². The van der Waals surface area contributed by atoms with Gasteiger partial charge in [0.15, 0.2) is 0 Å². The van der Waals surface area contributed by atoms with Gasteiger partial charge < -0.3 is 16.6 Å². The predicted octanol–water partition coefficient (Wildman–Crippen LogP) is 1.19. The molecule has 0 saturated heterocycles. The summed E-state index contributed by atoms with van der Waals surface area (Å²) >= 11 is 5.87. The van der Waals surface area contributed by atoms with Crippen LogP contribution in [0, 0.1) is 6.92 Å². The Balaban J connectivity index is 2.92. The van der Waals surface area contributed by atoms with E-state index in [-0.39, 0.29) is 6.42 Å². The number of carbonyl (C=O) groups is 1. The summed E-state index contributed by atoms with van der Waals surface area (Å²) in [7, 11) is 0. The largest absolute Gasteiger partial charge is 0.480 e. The predicted molar refractivity (Wildman–Crippen MR) is 59.9 cm³/mol. The van der Waals surface area contributed by atoms with Crippen LogP contribution in [0.4, 0.5) is 5.69 Å². The van der Waals surface area contributed by atoms with E-state index < -0.39 is 12.0 Å². The van der Waals surface area contributed by atoms with E-state index in [1.165, 1.54) is 0 Å². The van der Waals surface area contributed by atoms with Crippen molar-refractivity contribution >= 4 is 23.3 Å². The summed E-state index contributed by atoms with van der Waals surface area (Å²) in [5.41, 5.74) is 13.2. The Morgan fingerprint density at radius 3 is 2.67 bits per heavy atom. The Kier molecular flexibility index (Phi) is 3.55. The fourth-order valence-corrected chi connectivity index (χ4v) is 1.57. The van der Waals surface area contributed by atoms with Crippen molar-refractivity contribution in [2.45, 2.75) is 19.4 Å². The summed E-state index contributed by atoms with van der Waals surface area (Å²) < 4.78 is 0. The zero-order chi connectivity index (χ0) is 11.6. The number of nitrogens with two attached hydrogens (primary N) is 2. The molecule has 1 aromatic carbocycles. The van der Waals surface area contributed by atoms with Gasteiger partial charge in [0.1, 0.15) is 6.04 Å². The second-order valence-electron chi connectivity index (χ2n) is 3.46. The van der Waals surface area contributed by atoms with Crippen molar-refractivity contribution in [3.8, 4) is 0 Å². The number of aryl methyl sites for hydroxylation is 1. The summed E-state index contributed by atoms with van der Waals surface area (Å²) in [5.74, 6) is -1.03. The number of rotatable bonds is 3. The first-order valence-corrected chi connectivity index (χ1v) is 4.82. The Morgan fingerprint density at radius 2 is 2.20 bits per heavy atom. The molecule has 0 saturated carbocycles. The smallest absolute Gasteiger partial charge is 0.320 e. The third kappa shape index (κ3) is 2.84. The molecule has 0 aliphatic rings. The van der Waals surface area contributed by atoms with Crippen LogP contribution in [0.2, 0.25) is 5.02 Å². The van der Waals surface area contributed by atoms with Crippen molar-refractivity contribution in [2.75, 3.05) is 5.73 Å². The summed E-state index contributed by atoms with van der Waals surface area (Å²) in [6.07, 6.45) is 0.246. The van der Waals surface area contributed by atoms with E-state index in [1.807, 2.05) is 6.92 Å². The highest BCUT2D eigenvalue weighted by atomic mass is 35.5. The molecule has 1 rings (SSSR count). The molecule has 0 aromatic heterocycles. The first-order chi connectivity index (χ1) is 6.91. The minimum absolute atomic E-state index is 0.246.